The van der Waals surface area contributed by atoms with Crippen molar-refractivity contribution < 1.29 is 38.4 Å². The summed E-state index contributed by atoms with van der Waals surface area (Å²) in [4.78, 5) is 34.7. The number of methoxy groups -OCH3 is 2. The smallest absolute Gasteiger partial charge is 0.311 e. The van der Waals surface area contributed by atoms with Crippen LogP contribution in [-0.2, 0) is 16.2 Å². The molecule has 0 aliphatic carbocycles. The Bertz CT molecular complexity index is 859. The first-order chi connectivity index (χ1) is 13.5. The number of esters is 2. The summed E-state index contributed by atoms with van der Waals surface area (Å²) in [5.74, 6) is -0.123. The molecule has 0 amide bonds. The van der Waals surface area contributed by atoms with Crippen LogP contribution in [0.25, 0.3) is 0 Å². The van der Waals surface area contributed by atoms with Crippen LogP contribution in [0.1, 0.15) is 28.8 Å². The molecule has 0 unspecified atom stereocenters. The van der Waals surface area contributed by atoms with Crippen LogP contribution in [0.2, 0.25) is 0 Å². The third-order valence-corrected chi connectivity index (χ3v) is 3.74. The van der Waals surface area contributed by atoms with E-state index in [-0.39, 0.29) is 24.3 Å². The van der Waals surface area contributed by atoms with Crippen LogP contribution in [0, 0.1) is 0 Å². The van der Waals surface area contributed by atoms with Gasteiger partial charge in [0.05, 0.1) is 33.7 Å². The number of hydrogen-bond donors (Lipinski definition) is 1. The maximum Gasteiger partial charge on any atom is 0.311 e. The molecule has 8 heteroatoms. The normalized spacial score (nSPS) is 10.1. The first-order valence-electron chi connectivity index (χ1n) is 8.33. The second-order valence-electron chi connectivity index (χ2n) is 5.61. The number of ether oxygens (including phenoxy) is 4. The average Bonchev–Trinajstić information content (AvgIpc) is 2.72. The van der Waals surface area contributed by atoms with Gasteiger partial charge in [-0.15, -0.1) is 0 Å². The highest BCUT2D eigenvalue weighted by Crippen LogP contribution is 2.31. The Labute approximate surface area is 161 Å². The summed E-state index contributed by atoms with van der Waals surface area (Å²) in [5, 5.41) is 9.32. The highest BCUT2D eigenvalue weighted by molar-refractivity contribution is 5.81. The molecule has 0 aromatic heterocycles. The second-order valence-corrected chi connectivity index (χ2v) is 5.61. The minimum absolute atomic E-state index is 0.128. The van der Waals surface area contributed by atoms with E-state index in [4.69, 9.17) is 18.9 Å². The Hall–Kier alpha value is -3.39. The van der Waals surface area contributed by atoms with Gasteiger partial charge in [-0.3, -0.25) is 14.4 Å². The molecule has 0 fully saturated rings. The Morgan fingerprint density at radius 1 is 0.893 bits per heavy atom. The van der Waals surface area contributed by atoms with E-state index in [0.29, 0.717) is 28.9 Å². The maximum absolute atomic E-state index is 12.0. The topological polar surface area (TPSA) is 108 Å². The molecule has 0 heterocycles. The van der Waals surface area contributed by atoms with Gasteiger partial charge in [-0.2, -0.15) is 0 Å². The van der Waals surface area contributed by atoms with Crippen molar-refractivity contribution in [1.29, 1.82) is 0 Å². The van der Waals surface area contributed by atoms with Crippen LogP contribution in [-0.4, -0.2) is 37.6 Å². The lowest BCUT2D eigenvalue weighted by molar-refractivity contribution is -0.140. The highest BCUT2D eigenvalue weighted by Gasteiger charge is 2.15. The van der Waals surface area contributed by atoms with E-state index in [1.54, 1.807) is 12.1 Å². The molecule has 0 spiro atoms. The summed E-state index contributed by atoms with van der Waals surface area (Å²) in [6.45, 7) is -0.399. The number of benzene rings is 2. The number of hydrogen-bond acceptors (Lipinski definition) is 8. The SMILES string of the molecule is COc1ccc(OC(=O)CCC(=O)Oc2ccc(C=O)cc2CO)c(OC)c1. The van der Waals surface area contributed by atoms with Gasteiger partial charge < -0.3 is 24.1 Å². The van der Waals surface area contributed by atoms with Crippen LogP contribution in [0.4, 0.5) is 0 Å². The molecular formula is C20H20O8. The van der Waals surface area contributed by atoms with Crippen molar-refractivity contribution in [2.75, 3.05) is 14.2 Å². The standard InChI is InChI=1S/C20H20O8/c1-25-15-4-6-17(18(10-15)26-2)28-20(24)8-7-19(23)27-16-5-3-13(11-21)9-14(16)12-22/h3-6,9-11,22H,7-8,12H2,1-2H3. The molecule has 0 radical (unpaired) electrons. The molecular weight excluding hydrogens is 368 g/mol. The molecule has 28 heavy (non-hydrogen) atoms. The van der Waals surface area contributed by atoms with Gasteiger partial charge in [-0.25, -0.2) is 0 Å². The fourth-order valence-electron chi connectivity index (χ4n) is 2.31. The van der Waals surface area contributed by atoms with E-state index in [9.17, 15) is 19.5 Å². The van der Waals surface area contributed by atoms with Gasteiger partial charge >= 0.3 is 11.9 Å². The van der Waals surface area contributed by atoms with Crippen LogP contribution in [0.5, 0.6) is 23.0 Å². The molecule has 0 aliphatic heterocycles. The van der Waals surface area contributed by atoms with E-state index in [1.165, 1.54) is 38.5 Å². The third kappa shape index (κ3) is 5.55. The predicted molar refractivity (Wildman–Crippen MR) is 97.8 cm³/mol. The Kier molecular flexibility index (Phi) is 7.53. The van der Waals surface area contributed by atoms with Crippen LogP contribution >= 0.6 is 0 Å². The third-order valence-electron chi connectivity index (χ3n) is 3.74. The zero-order valence-electron chi connectivity index (χ0n) is 15.5. The summed E-state index contributed by atoms with van der Waals surface area (Å²) >= 11 is 0. The number of aliphatic hydroxyl groups is 1. The summed E-state index contributed by atoms with van der Waals surface area (Å²) in [7, 11) is 2.93. The zero-order valence-corrected chi connectivity index (χ0v) is 15.5. The fourth-order valence-corrected chi connectivity index (χ4v) is 2.31. The van der Waals surface area contributed by atoms with Gasteiger partial charge in [-0.05, 0) is 30.3 Å². The van der Waals surface area contributed by atoms with Crippen molar-refractivity contribution in [3.8, 4) is 23.0 Å². The molecule has 0 bridgehead atoms. The number of aliphatic hydroxyl groups excluding tert-OH is 1. The Morgan fingerprint density at radius 2 is 1.54 bits per heavy atom. The van der Waals surface area contributed by atoms with Crippen molar-refractivity contribution in [3.63, 3.8) is 0 Å². The molecule has 2 rings (SSSR count). The number of carbonyl (C=O) groups is 3. The van der Waals surface area contributed by atoms with E-state index in [2.05, 4.69) is 0 Å². The maximum atomic E-state index is 12.0. The van der Waals surface area contributed by atoms with Crippen molar-refractivity contribution >= 4 is 18.2 Å². The summed E-state index contributed by atoms with van der Waals surface area (Å²) in [6.07, 6.45) is 0.181. The second kappa shape index (κ2) is 10.1. The lowest BCUT2D eigenvalue weighted by atomic mass is 10.1. The van der Waals surface area contributed by atoms with E-state index in [0.717, 1.165) is 0 Å². The summed E-state index contributed by atoms with van der Waals surface area (Å²) in [6, 6.07) is 8.98. The molecule has 8 nitrogen and oxygen atoms in total. The van der Waals surface area contributed by atoms with Crippen molar-refractivity contribution in [1.82, 2.24) is 0 Å². The minimum atomic E-state index is -0.674. The molecule has 2 aromatic rings. The van der Waals surface area contributed by atoms with E-state index < -0.39 is 18.5 Å². The molecule has 0 saturated heterocycles. The molecule has 148 valence electrons. The molecule has 1 N–H and O–H groups in total. The minimum Gasteiger partial charge on any atom is -0.497 e. The van der Waals surface area contributed by atoms with Gasteiger partial charge in [0.1, 0.15) is 17.8 Å². The molecule has 0 atom stereocenters. The van der Waals surface area contributed by atoms with E-state index in [1.807, 2.05) is 0 Å². The number of carbonyl (C=O) groups excluding carboxylic acids is 3. The lowest BCUT2D eigenvalue weighted by Gasteiger charge is -2.11. The quantitative estimate of drug-likeness (QED) is 0.396. The Morgan fingerprint density at radius 3 is 2.11 bits per heavy atom. The van der Waals surface area contributed by atoms with Crippen LogP contribution in [0.15, 0.2) is 36.4 Å². The summed E-state index contributed by atoms with van der Waals surface area (Å²) in [5.41, 5.74) is 0.643. The van der Waals surface area contributed by atoms with Crippen LogP contribution < -0.4 is 18.9 Å². The Balaban J connectivity index is 1.92. The largest absolute Gasteiger partial charge is 0.497 e. The fraction of sp³-hybridized carbons (Fsp3) is 0.250. The van der Waals surface area contributed by atoms with Gasteiger partial charge in [0.15, 0.2) is 11.5 Å². The number of aldehydes is 1. The zero-order chi connectivity index (χ0) is 20.5. The van der Waals surface area contributed by atoms with Gasteiger partial charge in [-0.1, -0.05) is 0 Å². The molecule has 2 aromatic carbocycles. The first kappa shape index (κ1) is 20.9. The van der Waals surface area contributed by atoms with Crippen molar-refractivity contribution in [3.05, 3.63) is 47.5 Å². The van der Waals surface area contributed by atoms with Gasteiger partial charge in [0.2, 0.25) is 0 Å². The van der Waals surface area contributed by atoms with E-state index >= 15 is 0 Å². The average molecular weight is 388 g/mol. The highest BCUT2D eigenvalue weighted by atomic mass is 16.6. The first-order valence-corrected chi connectivity index (χ1v) is 8.33. The van der Waals surface area contributed by atoms with Crippen molar-refractivity contribution in [2.45, 2.75) is 19.4 Å². The number of rotatable bonds is 9. The molecule has 0 saturated carbocycles. The summed E-state index contributed by atoms with van der Waals surface area (Å²) < 4.78 is 20.6. The predicted octanol–water partition coefficient (Wildman–Crippen LogP) is 2.30. The molecule has 0 aliphatic rings. The van der Waals surface area contributed by atoms with Gasteiger partial charge in [0.25, 0.3) is 0 Å². The van der Waals surface area contributed by atoms with Gasteiger partial charge in [0, 0.05) is 17.2 Å². The lowest BCUT2D eigenvalue weighted by Crippen LogP contribution is -2.15. The van der Waals surface area contributed by atoms with Crippen LogP contribution in [0.3, 0.4) is 0 Å². The van der Waals surface area contributed by atoms with Crippen molar-refractivity contribution in [2.24, 2.45) is 0 Å². The monoisotopic (exact) mass is 388 g/mol.